The third kappa shape index (κ3) is 5.52. The molecule has 0 atom stereocenters. The number of aryl methyl sites for hydroxylation is 2. The number of nitrogens with one attached hydrogen (secondary N) is 1. The Morgan fingerprint density at radius 2 is 1.86 bits per heavy atom. The maximum Gasteiger partial charge on any atom is 0.0968 e. The summed E-state index contributed by atoms with van der Waals surface area (Å²) in [6.07, 6.45) is 2.12. The van der Waals surface area contributed by atoms with Crippen LogP contribution in [0.1, 0.15) is 22.3 Å². The number of aliphatic hydroxyl groups excluding tert-OH is 1. The first-order valence-electron chi connectivity index (χ1n) is 9.74. The van der Waals surface area contributed by atoms with E-state index < -0.39 is 0 Å². The molecule has 0 radical (unpaired) electrons. The minimum atomic E-state index is 0.0587. The summed E-state index contributed by atoms with van der Waals surface area (Å²) in [5, 5.41) is 17.1. The molecule has 3 aromatic rings. The highest BCUT2D eigenvalue weighted by Gasteiger charge is 2.12. The molecule has 2 aromatic carbocycles. The van der Waals surface area contributed by atoms with Gasteiger partial charge in [0.2, 0.25) is 0 Å². The van der Waals surface area contributed by atoms with Gasteiger partial charge in [-0.25, -0.2) is 0 Å². The Bertz CT molecular complexity index is 875. The van der Waals surface area contributed by atoms with Crippen LogP contribution in [0.2, 0.25) is 0 Å². The van der Waals surface area contributed by atoms with Crippen molar-refractivity contribution < 1.29 is 9.84 Å². The third-order valence-electron chi connectivity index (χ3n) is 4.78. The molecule has 0 saturated carbocycles. The number of rotatable bonds is 10. The molecule has 0 aliphatic heterocycles. The van der Waals surface area contributed by atoms with Crippen molar-refractivity contribution in [2.75, 3.05) is 26.4 Å². The summed E-state index contributed by atoms with van der Waals surface area (Å²) < 4.78 is 7.33. The van der Waals surface area contributed by atoms with Crippen molar-refractivity contribution in [2.45, 2.75) is 26.9 Å². The van der Waals surface area contributed by atoms with Gasteiger partial charge < -0.3 is 15.2 Å². The minimum absolute atomic E-state index is 0.0587. The molecule has 0 aliphatic rings. The van der Waals surface area contributed by atoms with Crippen molar-refractivity contribution in [3.05, 3.63) is 77.0 Å². The molecule has 5 nitrogen and oxygen atoms in total. The van der Waals surface area contributed by atoms with E-state index >= 15 is 0 Å². The molecule has 28 heavy (non-hydrogen) atoms. The first-order chi connectivity index (χ1) is 13.7. The summed E-state index contributed by atoms with van der Waals surface area (Å²) in [5.41, 5.74) is 7.11. The standard InChI is InChI=1S/C23H29N3O2/c1-18-8-9-21(14-19(18)2)23-22(15-24-10-12-28-13-11-27)17-26(25-23)16-20-6-4-3-5-7-20/h3-9,14,17,24,27H,10-13,15-16H2,1-2H3. The van der Waals surface area contributed by atoms with Gasteiger partial charge in [0.1, 0.15) is 0 Å². The number of hydrogen-bond donors (Lipinski definition) is 2. The van der Waals surface area contributed by atoms with Gasteiger partial charge in [-0.2, -0.15) is 5.10 Å². The monoisotopic (exact) mass is 379 g/mol. The van der Waals surface area contributed by atoms with Crippen LogP contribution in [0.4, 0.5) is 0 Å². The molecule has 0 aliphatic carbocycles. The molecule has 0 spiro atoms. The molecular weight excluding hydrogens is 350 g/mol. The van der Waals surface area contributed by atoms with Crippen LogP contribution in [0.25, 0.3) is 11.3 Å². The largest absolute Gasteiger partial charge is 0.394 e. The van der Waals surface area contributed by atoms with E-state index in [0.29, 0.717) is 13.2 Å². The molecule has 1 heterocycles. The van der Waals surface area contributed by atoms with Crippen molar-refractivity contribution in [2.24, 2.45) is 0 Å². The maximum atomic E-state index is 8.77. The summed E-state index contributed by atoms with van der Waals surface area (Å²) in [6, 6.07) is 16.9. The number of benzene rings is 2. The number of aromatic nitrogens is 2. The molecule has 148 valence electrons. The fourth-order valence-corrected chi connectivity index (χ4v) is 3.11. The zero-order valence-electron chi connectivity index (χ0n) is 16.7. The smallest absolute Gasteiger partial charge is 0.0968 e. The molecule has 0 saturated heterocycles. The lowest BCUT2D eigenvalue weighted by atomic mass is 10.0. The van der Waals surface area contributed by atoms with Crippen molar-refractivity contribution in [3.8, 4) is 11.3 Å². The van der Waals surface area contributed by atoms with Crippen molar-refractivity contribution in [1.29, 1.82) is 0 Å². The molecule has 3 rings (SSSR count). The van der Waals surface area contributed by atoms with Gasteiger partial charge >= 0.3 is 0 Å². The predicted octanol–water partition coefficient (Wildman–Crippen LogP) is 3.31. The van der Waals surface area contributed by atoms with E-state index in [1.165, 1.54) is 22.3 Å². The van der Waals surface area contributed by atoms with Gasteiger partial charge in [0.25, 0.3) is 0 Å². The Labute approximate surface area is 167 Å². The van der Waals surface area contributed by atoms with E-state index in [9.17, 15) is 0 Å². The van der Waals surface area contributed by atoms with Crippen molar-refractivity contribution in [1.82, 2.24) is 15.1 Å². The van der Waals surface area contributed by atoms with E-state index in [-0.39, 0.29) is 6.61 Å². The SMILES string of the molecule is Cc1ccc(-c2nn(Cc3ccccc3)cc2CNCCOCCO)cc1C. The van der Waals surface area contributed by atoms with Crippen LogP contribution in [-0.2, 0) is 17.8 Å². The summed E-state index contributed by atoms with van der Waals surface area (Å²) in [5.74, 6) is 0. The van der Waals surface area contributed by atoms with Gasteiger partial charge in [0, 0.05) is 30.4 Å². The zero-order valence-corrected chi connectivity index (χ0v) is 16.7. The van der Waals surface area contributed by atoms with Gasteiger partial charge in [-0.05, 0) is 36.6 Å². The molecule has 0 unspecified atom stereocenters. The molecule has 5 heteroatoms. The van der Waals surface area contributed by atoms with E-state index in [2.05, 4.69) is 67.8 Å². The second kappa shape index (κ2) is 10.2. The highest BCUT2D eigenvalue weighted by atomic mass is 16.5. The summed E-state index contributed by atoms with van der Waals surface area (Å²) in [7, 11) is 0. The summed E-state index contributed by atoms with van der Waals surface area (Å²) >= 11 is 0. The van der Waals surface area contributed by atoms with Crippen LogP contribution in [0.5, 0.6) is 0 Å². The first kappa shape index (κ1) is 20.3. The summed E-state index contributed by atoms with van der Waals surface area (Å²) in [4.78, 5) is 0. The molecular formula is C23H29N3O2. The van der Waals surface area contributed by atoms with Crippen molar-refractivity contribution >= 4 is 0 Å². The lowest BCUT2D eigenvalue weighted by Gasteiger charge is -2.07. The summed E-state index contributed by atoms with van der Waals surface area (Å²) in [6.45, 7) is 7.48. The number of ether oxygens (including phenoxy) is 1. The fourth-order valence-electron chi connectivity index (χ4n) is 3.11. The molecule has 2 N–H and O–H groups in total. The highest BCUT2D eigenvalue weighted by molar-refractivity contribution is 5.64. The van der Waals surface area contributed by atoms with Crippen LogP contribution in [-0.4, -0.2) is 41.3 Å². The van der Waals surface area contributed by atoms with E-state index in [0.717, 1.165) is 30.9 Å². The normalized spacial score (nSPS) is 11.1. The predicted molar refractivity (Wildman–Crippen MR) is 112 cm³/mol. The average Bonchev–Trinajstić information content (AvgIpc) is 3.10. The zero-order chi connectivity index (χ0) is 19.8. The van der Waals surface area contributed by atoms with Gasteiger partial charge in [0.05, 0.1) is 32.1 Å². The highest BCUT2D eigenvalue weighted by Crippen LogP contribution is 2.25. The molecule has 0 bridgehead atoms. The maximum absolute atomic E-state index is 8.77. The average molecular weight is 380 g/mol. The topological polar surface area (TPSA) is 59.3 Å². The lowest BCUT2D eigenvalue weighted by Crippen LogP contribution is -2.20. The second-order valence-electron chi connectivity index (χ2n) is 7.00. The Morgan fingerprint density at radius 3 is 2.61 bits per heavy atom. The Kier molecular flexibility index (Phi) is 7.37. The fraction of sp³-hybridized carbons (Fsp3) is 0.348. The van der Waals surface area contributed by atoms with Gasteiger partial charge in [-0.1, -0.05) is 42.5 Å². The van der Waals surface area contributed by atoms with Gasteiger partial charge in [0.15, 0.2) is 0 Å². The van der Waals surface area contributed by atoms with E-state index in [4.69, 9.17) is 14.9 Å². The van der Waals surface area contributed by atoms with Gasteiger partial charge in [-0.3, -0.25) is 4.68 Å². The first-order valence-corrected chi connectivity index (χ1v) is 9.74. The van der Waals surface area contributed by atoms with Crippen LogP contribution in [0, 0.1) is 13.8 Å². The lowest BCUT2D eigenvalue weighted by molar-refractivity contribution is 0.0938. The number of nitrogens with zero attached hydrogens (tertiary/aromatic N) is 2. The van der Waals surface area contributed by atoms with Crippen LogP contribution in [0.3, 0.4) is 0 Å². The molecule has 1 aromatic heterocycles. The number of hydrogen-bond acceptors (Lipinski definition) is 4. The van der Waals surface area contributed by atoms with Crippen molar-refractivity contribution in [3.63, 3.8) is 0 Å². The van der Waals surface area contributed by atoms with Crippen LogP contribution >= 0.6 is 0 Å². The van der Waals surface area contributed by atoms with Crippen LogP contribution < -0.4 is 5.32 Å². The Morgan fingerprint density at radius 1 is 1.04 bits per heavy atom. The molecule has 0 fully saturated rings. The second-order valence-corrected chi connectivity index (χ2v) is 7.00. The minimum Gasteiger partial charge on any atom is -0.394 e. The Balaban J connectivity index is 1.77. The molecule has 0 amide bonds. The quantitative estimate of drug-likeness (QED) is 0.531. The number of aliphatic hydroxyl groups is 1. The van der Waals surface area contributed by atoms with E-state index in [1.54, 1.807) is 0 Å². The third-order valence-corrected chi connectivity index (χ3v) is 4.78. The van der Waals surface area contributed by atoms with Gasteiger partial charge in [-0.15, -0.1) is 0 Å². The Hall–Kier alpha value is -2.47. The van der Waals surface area contributed by atoms with Crippen LogP contribution in [0.15, 0.2) is 54.7 Å². The van der Waals surface area contributed by atoms with E-state index in [1.807, 2.05) is 10.7 Å².